The van der Waals surface area contributed by atoms with Gasteiger partial charge in [-0.1, -0.05) is 12.1 Å². The zero-order valence-electron chi connectivity index (χ0n) is 10.7. The molecule has 0 unspecified atom stereocenters. The standard InChI is InChI=1S/C16H12N2O2/c19-16-5-4-11-2-3-12(8-14(11)20-16)13-9-15-17-6-1-7-18(15)10-13/h1-3,6-10H,4-5H2. The molecule has 0 saturated heterocycles. The molecular weight excluding hydrogens is 252 g/mol. The summed E-state index contributed by atoms with van der Waals surface area (Å²) in [5, 5.41) is 0. The van der Waals surface area contributed by atoms with E-state index in [2.05, 4.69) is 11.1 Å². The highest BCUT2D eigenvalue weighted by molar-refractivity contribution is 5.77. The Kier molecular flexibility index (Phi) is 2.36. The normalized spacial score (nSPS) is 14.1. The third-order valence-electron chi connectivity index (χ3n) is 3.59. The zero-order chi connectivity index (χ0) is 13.5. The van der Waals surface area contributed by atoms with E-state index >= 15 is 0 Å². The lowest BCUT2D eigenvalue weighted by atomic mass is 10.0. The second kappa shape index (κ2) is 4.20. The lowest BCUT2D eigenvalue weighted by molar-refractivity contribution is -0.135. The first-order valence-corrected chi connectivity index (χ1v) is 6.56. The fourth-order valence-electron chi connectivity index (χ4n) is 2.54. The van der Waals surface area contributed by atoms with Crippen LogP contribution in [0.3, 0.4) is 0 Å². The zero-order valence-corrected chi connectivity index (χ0v) is 10.7. The number of esters is 1. The van der Waals surface area contributed by atoms with E-state index < -0.39 is 0 Å². The summed E-state index contributed by atoms with van der Waals surface area (Å²) in [5.41, 5.74) is 4.09. The Morgan fingerprint density at radius 3 is 3.00 bits per heavy atom. The van der Waals surface area contributed by atoms with Gasteiger partial charge in [-0.2, -0.15) is 0 Å². The predicted octanol–water partition coefficient (Wildman–Crippen LogP) is 2.85. The van der Waals surface area contributed by atoms with Crippen molar-refractivity contribution < 1.29 is 9.53 Å². The maximum Gasteiger partial charge on any atom is 0.311 e. The minimum Gasteiger partial charge on any atom is -0.426 e. The molecule has 0 aliphatic carbocycles. The average Bonchev–Trinajstić information content (AvgIpc) is 2.90. The second-order valence-corrected chi connectivity index (χ2v) is 4.91. The Labute approximate surface area is 115 Å². The number of aromatic nitrogens is 2. The Morgan fingerprint density at radius 1 is 1.15 bits per heavy atom. The lowest BCUT2D eigenvalue weighted by Crippen LogP contribution is -2.15. The van der Waals surface area contributed by atoms with Crippen molar-refractivity contribution in [1.29, 1.82) is 0 Å². The highest BCUT2D eigenvalue weighted by Gasteiger charge is 2.17. The van der Waals surface area contributed by atoms with Crippen LogP contribution in [0.1, 0.15) is 12.0 Å². The number of nitrogens with zero attached hydrogens (tertiary/aromatic N) is 2. The summed E-state index contributed by atoms with van der Waals surface area (Å²) in [6, 6.07) is 9.94. The van der Waals surface area contributed by atoms with Gasteiger partial charge in [0.25, 0.3) is 0 Å². The Morgan fingerprint density at radius 2 is 2.10 bits per heavy atom. The van der Waals surface area contributed by atoms with E-state index in [1.165, 1.54) is 0 Å². The van der Waals surface area contributed by atoms with Gasteiger partial charge < -0.3 is 9.14 Å². The van der Waals surface area contributed by atoms with E-state index in [4.69, 9.17) is 4.74 Å². The number of carbonyl (C=O) groups is 1. The van der Waals surface area contributed by atoms with Crippen molar-refractivity contribution in [2.24, 2.45) is 0 Å². The molecule has 0 N–H and O–H groups in total. The number of hydrogen-bond acceptors (Lipinski definition) is 3. The van der Waals surface area contributed by atoms with Gasteiger partial charge in [-0.25, -0.2) is 4.98 Å². The number of rotatable bonds is 1. The second-order valence-electron chi connectivity index (χ2n) is 4.91. The van der Waals surface area contributed by atoms with Crippen LogP contribution < -0.4 is 4.74 Å². The first-order valence-electron chi connectivity index (χ1n) is 6.56. The fraction of sp³-hybridized carbons (Fsp3) is 0.125. The van der Waals surface area contributed by atoms with Gasteiger partial charge in [0.2, 0.25) is 0 Å². The molecule has 4 heteroatoms. The molecule has 20 heavy (non-hydrogen) atoms. The molecule has 4 nitrogen and oxygen atoms in total. The number of fused-ring (bicyclic) bond motifs is 2. The molecule has 1 aliphatic rings. The monoisotopic (exact) mass is 264 g/mol. The molecule has 0 fully saturated rings. The lowest BCUT2D eigenvalue weighted by Gasteiger charge is -2.15. The maximum atomic E-state index is 11.4. The third kappa shape index (κ3) is 1.77. The molecule has 0 bridgehead atoms. The molecule has 0 atom stereocenters. The van der Waals surface area contributed by atoms with Gasteiger partial charge in [-0.15, -0.1) is 0 Å². The third-order valence-corrected chi connectivity index (χ3v) is 3.59. The van der Waals surface area contributed by atoms with Crippen molar-refractivity contribution in [3.63, 3.8) is 0 Å². The van der Waals surface area contributed by atoms with Gasteiger partial charge in [0, 0.05) is 24.2 Å². The van der Waals surface area contributed by atoms with Gasteiger partial charge in [0.1, 0.15) is 11.4 Å². The van der Waals surface area contributed by atoms with Gasteiger partial charge >= 0.3 is 5.97 Å². The van der Waals surface area contributed by atoms with Gasteiger partial charge in [-0.05, 0) is 35.7 Å². The van der Waals surface area contributed by atoms with E-state index in [1.54, 1.807) is 6.20 Å². The highest BCUT2D eigenvalue weighted by Crippen LogP contribution is 2.31. The summed E-state index contributed by atoms with van der Waals surface area (Å²) in [7, 11) is 0. The van der Waals surface area contributed by atoms with Crippen LogP contribution in [0.5, 0.6) is 5.75 Å². The van der Waals surface area contributed by atoms with Crippen molar-refractivity contribution in [2.45, 2.75) is 12.8 Å². The van der Waals surface area contributed by atoms with Gasteiger partial charge in [0.05, 0.1) is 6.42 Å². The summed E-state index contributed by atoms with van der Waals surface area (Å²) in [6.45, 7) is 0. The molecule has 0 amide bonds. The average molecular weight is 264 g/mol. The van der Waals surface area contributed by atoms with Crippen molar-refractivity contribution >= 4 is 11.6 Å². The Hall–Kier alpha value is -2.62. The summed E-state index contributed by atoms with van der Waals surface area (Å²) >= 11 is 0. The summed E-state index contributed by atoms with van der Waals surface area (Å²) < 4.78 is 7.28. The van der Waals surface area contributed by atoms with Crippen LogP contribution >= 0.6 is 0 Å². The van der Waals surface area contributed by atoms with Crippen LogP contribution in [-0.2, 0) is 11.2 Å². The molecule has 0 radical (unpaired) electrons. The van der Waals surface area contributed by atoms with E-state index in [0.717, 1.165) is 28.8 Å². The molecule has 98 valence electrons. The molecule has 3 heterocycles. The molecule has 1 aliphatic heterocycles. The van der Waals surface area contributed by atoms with E-state index in [9.17, 15) is 4.79 Å². The van der Waals surface area contributed by atoms with Crippen molar-refractivity contribution in [3.05, 3.63) is 54.5 Å². The predicted molar refractivity (Wildman–Crippen MR) is 74.6 cm³/mol. The smallest absolute Gasteiger partial charge is 0.311 e. The van der Waals surface area contributed by atoms with E-state index in [1.807, 2.05) is 41.1 Å². The number of benzene rings is 1. The van der Waals surface area contributed by atoms with Gasteiger partial charge in [-0.3, -0.25) is 4.79 Å². The van der Waals surface area contributed by atoms with Crippen LogP contribution in [0.4, 0.5) is 0 Å². The minimum absolute atomic E-state index is 0.154. The van der Waals surface area contributed by atoms with E-state index in [0.29, 0.717) is 12.2 Å². The molecule has 0 saturated carbocycles. The topological polar surface area (TPSA) is 43.6 Å². The largest absolute Gasteiger partial charge is 0.426 e. The molecule has 1 aromatic carbocycles. The first-order chi connectivity index (χ1) is 9.79. The Bertz CT molecular complexity index is 787. The van der Waals surface area contributed by atoms with Gasteiger partial charge in [0.15, 0.2) is 0 Å². The molecule has 4 rings (SSSR count). The highest BCUT2D eigenvalue weighted by atomic mass is 16.5. The van der Waals surface area contributed by atoms with Crippen LogP contribution in [-0.4, -0.2) is 15.4 Å². The summed E-state index contributed by atoms with van der Waals surface area (Å²) in [5.74, 6) is 0.528. The quantitative estimate of drug-likeness (QED) is 0.501. The minimum atomic E-state index is -0.154. The van der Waals surface area contributed by atoms with Crippen LogP contribution in [0, 0.1) is 0 Å². The van der Waals surface area contributed by atoms with Crippen molar-refractivity contribution in [3.8, 4) is 16.9 Å². The number of carbonyl (C=O) groups excluding carboxylic acids is 1. The van der Waals surface area contributed by atoms with Crippen LogP contribution in [0.2, 0.25) is 0 Å². The molecule has 0 spiro atoms. The fourth-order valence-corrected chi connectivity index (χ4v) is 2.54. The van der Waals surface area contributed by atoms with E-state index in [-0.39, 0.29) is 5.97 Å². The van der Waals surface area contributed by atoms with Crippen LogP contribution in [0.25, 0.3) is 16.8 Å². The molecule has 2 aromatic heterocycles. The van der Waals surface area contributed by atoms with Crippen molar-refractivity contribution in [1.82, 2.24) is 9.38 Å². The summed E-state index contributed by atoms with van der Waals surface area (Å²) in [4.78, 5) is 15.7. The number of aryl methyl sites for hydroxylation is 1. The first kappa shape index (κ1) is 11.2. The number of hydrogen-bond donors (Lipinski definition) is 0. The number of ether oxygens (including phenoxy) is 1. The van der Waals surface area contributed by atoms with Crippen LogP contribution in [0.15, 0.2) is 48.9 Å². The van der Waals surface area contributed by atoms with Crippen molar-refractivity contribution in [2.75, 3.05) is 0 Å². The summed E-state index contributed by atoms with van der Waals surface area (Å²) in [6.07, 6.45) is 6.98. The molecular formula is C16H12N2O2. The molecule has 3 aromatic rings. The Balaban J connectivity index is 1.82. The SMILES string of the molecule is O=C1CCc2ccc(-c3cc4ncccn4c3)cc2O1. The maximum absolute atomic E-state index is 11.4.